The Bertz CT molecular complexity index is 849. The van der Waals surface area contributed by atoms with Crippen molar-refractivity contribution in [3.8, 4) is 0 Å². The zero-order chi connectivity index (χ0) is 18.3. The van der Waals surface area contributed by atoms with Gasteiger partial charge in [0.2, 0.25) is 0 Å². The van der Waals surface area contributed by atoms with Crippen LogP contribution < -0.4 is 4.90 Å². The topological polar surface area (TPSA) is 49.4 Å². The molecule has 2 saturated heterocycles. The van der Waals surface area contributed by atoms with Gasteiger partial charge in [-0.2, -0.15) is 0 Å². The van der Waals surface area contributed by atoms with E-state index in [1.807, 2.05) is 18.2 Å². The van der Waals surface area contributed by atoms with Gasteiger partial charge in [-0.05, 0) is 44.4 Å². The number of rotatable bonds is 3. The molecule has 2 fully saturated rings. The fourth-order valence-electron chi connectivity index (χ4n) is 4.51. The highest BCUT2D eigenvalue weighted by Crippen LogP contribution is 2.52. The largest absolute Gasteiger partial charge is 0.269 e. The fourth-order valence-corrected chi connectivity index (χ4v) is 4.51. The van der Waals surface area contributed by atoms with Gasteiger partial charge in [0.05, 0.1) is 18.0 Å². The lowest BCUT2D eigenvalue weighted by Crippen LogP contribution is -2.64. The van der Waals surface area contributed by atoms with Gasteiger partial charge >= 0.3 is 0 Å². The van der Waals surface area contributed by atoms with Crippen molar-refractivity contribution in [2.75, 3.05) is 18.0 Å². The molecular weight excluding hydrogens is 326 g/mol. The summed E-state index contributed by atoms with van der Waals surface area (Å²) in [5, 5.41) is 11.0. The molecule has 2 heterocycles. The summed E-state index contributed by atoms with van der Waals surface area (Å²) in [6.07, 6.45) is 2.45. The highest BCUT2D eigenvalue weighted by atomic mass is 16.6. The summed E-state index contributed by atoms with van der Waals surface area (Å²) in [5.74, 6) is 1.33. The first kappa shape index (κ1) is 16.8. The van der Waals surface area contributed by atoms with Gasteiger partial charge < -0.3 is 0 Å². The number of nitrogens with zero attached hydrogens (tertiary/aromatic N) is 3. The van der Waals surface area contributed by atoms with E-state index in [2.05, 4.69) is 47.6 Å². The minimum atomic E-state index is -0.344. The summed E-state index contributed by atoms with van der Waals surface area (Å²) in [6, 6.07) is 17.7. The Morgan fingerprint density at radius 1 is 1.04 bits per heavy atom. The van der Waals surface area contributed by atoms with Crippen LogP contribution in [0.5, 0.6) is 0 Å². The number of amidine groups is 1. The predicted molar refractivity (Wildman–Crippen MR) is 103 cm³/mol. The molecule has 0 amide bonds. The molecule has 0 bridgehead atoms. The second kappa shape index (κ2) is 6.24. The summed E-state index contributed by atoms with van der Waals surface area (Å²) in [4.78, 5) is 13.0. The van der Waals surface area contributed by atoms with Crippen LogP contribution in [-0.2, 0) is 0 Å². The third kappa shape index (κ3) is 2.59. The molecule has 0 radical (unpaired) electrons. The molecule has 0 N–H and O–H groups in total. The highest BCUT2D eigenvalue weighted by molar-refractivity contribution is 6.06. The Labute approximate surface area is 153 Å². The van der Waals surface area contributed by atoms with E-state index in [1.165, 1.54) is 24.2 Å². The van der Waals surface area contributed by atoms with Crippen molar-refractivity contribution in [3.63, 3.8) is 0 Å². The molecule has 2 aromatic carbocycles. The molecule has 4 rings (SSSR count). The predicted octanol–water partition coefficient (Wildman–Crippen LogP) is 4.39. The van der Waals surface area contributed by atoms with E-state index in [-0.39, 0.29) is 22.1 Å². The van der Waals surface area contributed by atoms with Gasteiger partial charge in [0.15, 0.2) is 0 Å². The molecule has 2 aliphatic rings. The molecule has 5 heteroatoms. The van der Waals surface area contributed by atoms with Gasteiger partial charge in [-0.3, -0.25) is 14.7 Å². The molecule has 26 heavy (non-hydrogen) atoms. The minimum Gasteiger partial charge on any atom is -0.265 e. The van der Waals surface area contributed by atoms with Crippen molar-refractivity contribution < 1.29 is 9.50 Å². The van der Waals surface area contributed by atoms with Crippen LogP contribution in [0.3, 0.4) is 0 Å². The van der Waals surface area contributed by atoms with Gasteiger partial charge in [-0.15, -0.1) is 0 Å². The van der Waals surface area contributed by atoms with Crippen molar-refractivity contribution in [2.45, 2.75) is 32.7 Å². The molecule has 0 aromatic heterocycles. The molecular formula is C21H24N3O2+. The quantitative estimate of drug-likeness (QED) is 0.469. The van der Waals surface area contributed by atoms with Crippen LogP contribution in [0.2, 0.25) is 0 Å². The molecule has 1 atom stereocenters. The fraction of sp³-hybridized carbons (Fsp3) is 0.381. The first-order valence-electron chi connectivity index (χ1n) is 9.21. The summed E-state index contributed by atoms with van der Waals surface area (Å²) in [6.45, 7) is 6.79. The van der Waals surface area contributed by atoms with Crippen molar-refractivity contribution >= 4 is 17.2 Å². The highest BCUT2D eigenvalue weighted by Gasteiger charge is 2.61. The second-order valence-electron chi connectivity index (χ2n) is 7.70. The minimum absolute atomic E-state index is 0.0213. The monoisotopic (exact) mass is 350 g/mol. The Hall–Kier alpha value is -2.69. The van der Waals surface area contributed by atoms with Crippen LogP contribution in [0.1, 0.15) is 38.3 Å². The summed E-state index contributed by atoms with van der Waals surface area (Å²) >= 11 is 0. The molecule has 2 aliphatic heterocycles. The van der Waals surface area contributed by atoms with Gasteiger partial charge in [-0.1, -0.05) is 30.3 Å². The molecule has 5 nitrogen and oxygen atoms in total. The van der Waals surface area contributed by atoms with Crippen molar-refractivity contribution in [2.24, 2.45) is 5.41 Å². The number of hydrogen-bond acceptors (Lipinski definition) is 2. The molecule has 134 valence electrons. The van der Waals surface area contributed by atoms with E-state index >= 15 is 0 Å². The molecule has 1 unspecified atom stereocenters. The molecule has 2 aromatic rings. The van der Waals surface area contributed by atoms with E-state index in [0.29, 0.717) is 0 Å². The third-order valence-electron chi connectivity index (χ3n) is 5.61. The Kier molecular flexibility index (Phi) is 4.02. The maximum atomic E-state index is 11.0. The number of hydrogen-bond donors (Lipinski definition) is 0. The molecule has 0 aliphatic carbocycles. The lowest BCUT2D eigenvalue weighted by molar-refractivity contribution is -0.513. The number of nitro benzene ring substituents is 1. The average Bonchev–Trinajstić information content (AvgIpc) is 3.14. The zero-order valence-corrected chi connectivity index (χ0v) is 15.3. The number of non-ortho nitro benzene ring substituents is 1. The van der Waals surface area contributed by atoms with Crippen LogP contribution in [-0.4, -0.2) is 28.4 Å². The average molecular weight is 350 g/mol. The van der Waals surface area contributed by atoms with Crippen LogP contribution in [0.25, 0.3) is 0 Å². The van der Waals surface area contributed by atoms with E-state index in [0.717, 1.165) is 18.8 Å². The zero-order valence-electron chi connectivity index (χ0n) is 15.3. The van der Waals surface area contributed by atoms with Crippen molar-refractivity contribution in [1.82, 2.24) is 0 Å². The van der Waals surface area contributed by atoms with Crippen molar-refractivity contribution in [3.05, 3.63) is 70.3 Å². The second-order valence-corrected chi connectivity index (χ2v) is 7.70. The van der Waals surface area contributed by atoms with Crippen LogP contribution in [0, 0.1) is 15.5 Å². The lowest BCUT2D eigenvalue weighted by atomic mass is 9.69. The van der Waals surface area contributed by atoms with Gasteiger partial charge in [-0.25, -0.2) is 4.90 Å². The summed E-state index contributed by atoms with van der Waals surface area (Å²) in [5.41, 5.74) is 2.45. The SMILES string of the molecule is CC1(C)C(=[N+]2CCCC2)N(c2ccc([N+](=O)[O-])cc2)C1c1ccccc1. The van der Waals surface area contributed by atoms with E-state index < -0.39 is 0 Å². The maximum Gasteiger partial charge on any atom is 0.269 e. The van der Waals surface area contributed by atoms with Gasteiger partial charge in [0.25, 0.3) is 11.5 Å². The standard InChI is InChI=1S/C21H24N3O2/c1-21(2)19(16-8-4-3-5-9-16)23(20(21)22-14-6-7-15-22)17-10-12-18(13-11-17)24(25)26/h3-5,8-13,19H,6-7,14-15H2,1-2H3/q+1. The normalized spacial score (nSPS) is 21.6. The first-order chi connectivity index (χ1) is 12.5. The van der Waals surface area contributed by atoms with E-state index in [9.17, 15) is 10.1 Å². The van der Waals surface area contributed by atoms with E-state index in [4.69, 9.17) is 0 Å². The van der Waals surface area contributed by atoms with Gasteiger partial charge in [0, 0.05) is 12.1 Å². The number of anilines is 1. The Balaban J connectivity index is 1.80. The number of benzene rings is 2. The smallest absolute Gasteiger partial charge is 0.265 e. The summed E-state index contributed by atoms with van der Waals surface area (Å²) in [7, 11) is 0. The Morgan fingerprint density at radius 3 is 2.23 bits per heavy atom. The number of nitro groups is 1. The maximum absolute atomic E-state index is 11.0. The third-order valence-corrected chi connectivity index (χ3v) is 5.61. The lowest BCUT2D eigenvalue weighted by Gasteiger charge is -2.50. The van der Waals surface area contributed by atoms with Gasteiger partial charge in [0.1, 0.15) is 17.1 Å². The first-order valence-corrected chi connectivity index (χ1v) is 9.21. The van der Waals surface area contributed by atoms with Crippen molar-refractivity contribution in [1.29, 1.82) is 0 Å². The summed E-state index contributed by atoms with van der Waals surface area (Å²) < 4.78 is 2.49. The van der Waals surface area contributed by atoms with Crippen LogP contribution >= 0.6 is 0 Å². The van der Waals surface area contributed by atoms with Crippen LogP contribution in [0.15, 0.2) is 54.6 Å². The molecule has 0 spiro atoms. The molecule has 0 saturated carbocycles. The Morgan fingerprint density at radius 2 is 1.65 bits per heavy atom. The van der Waals surface area contributed by atoms with E-state index in [1.54, 1.807) is 12.1 Å². The van der Waals surface area contributed by atoms with Crippen LogP contribution in [0.4, 0.5) is 11.4 Å².